The smallest absolute Gasteiger partial charge is 0.0367 e. The van der Waals surface area contributed by atoms with Crippen molar-refractivity contribution in [3.63, 3.8) is 0 Å². The number of likely N-dealkylation sites (tertiary alicyclic amines) is 1. The van der Waals surface area contributed by atoms with Gasteiger partial charge in [0.15, 0.2) is 0 Å². The van der Waals surface area contributed by atoms with Gasteiger partial charge in [0, 0.05) is 23.1 Å². The Morgan fingerprint density at radius 1 is 1.16 bits per heavy atom. The van der Waals surface area contributed by atoms with Crippen molar-refractivity contribution in [2.45, 2.75) is 38.8 Å². The Balaban J connectivity index is 0.00000109. The molecule has 25 heavy (non-hydrogen) atoms. The number of halogens is 1. The highest BCUT2D eigenvalue weighted by Crippen LogP contribution is 2.35. The maximum absolute atomic E-state index is 4.29. The topological polar surface area (TPSA) is 3.24 Å². The summed E-state index contributed by atoms with van der Waals surface area (Å²) in [6.07, 6.45) is 10.2. The van der Waals surface area contributed by atoms with Crippen LogP contribution in [-0.2, 0) is 12.8 Å². The van der Waals surface area contributed by atoms with E-state index in [9.17, 15) is 0 Å². The summed E-state index contributed by atoms with van der Waals surface area (Å²) in [5.41, 5.74) is 5.65. The molecule has 2 atom stereocenters. The minimum absolute atomic E-state index is 0.414. The van der Waals surface area contributed by atoms with Gasteiger partial charge in [-0.1, -0.05) is 65.8 Å². The molecule has 130 valence electrons. The lowest BCUT2D eigenvalue weighted by molar-refractivity contribution is 0.111. The molecule has 1 aliphatic rings. The molecule has 2 aromatic rings. The maximum atomic E-state index is 4.29. The van der Waals surface area contributed by atoms with Gasteiger partial charge in [-0.3, -0.25) is 4.90 Å². The van der Waals surface area contributed by atoms with Crippen molar-refractivity contribution in [1.82, 2.24) is 4.90 Å². The van der Waals surface area contributed by atoms with Gasteiger partial charge < -0.3 is 0 Å². The standard InChI is InChI=1S/C21H24BrN.C2H2/c1-4-17-8-5-6-9-19(17)13-21-15(2)14-23(21)16(3)18-10-7-11-20(22)12-18;1-2/h5-12,16,21H,2,4,13-14H2,1,3H3;1-2H. The Labute approximate surface area is 160 Å². The van der Waals surface area contributed by atoms with Crippen molar-refractivity contribution in [1.29, 1.82) is 0 Å². The van der Waals surface area contributed by atoms with Crippen LogP contribution >= 0.6 is 15.9 Å². The molecule has 0 spiro atoms. The normalized spacial score (nSPS) is 18.0. The molecule has 1 saturated heterocycles. The second kappa shape index (κ2) is 9.04. The first-order chi connectivity index (χ1) is 12.1. The van der Waals surface area contributed by atoms with Crippen molar-refractivity contribution in [2.75, 3.05) is 6.54 Å². The van der Waals surface area contributed by atoms with Gasteiger partial charge in [-0.2, -0.15) is 0 Å². The van der Waals surface area contributed by atoms with Crippen LogP contribution < -0.4 is 0 Å². The van der Waals surface area contributed by atoms with E-state index in [4.69, 9.17) is 0 Å². The molecular weight excluding hydrogens is 370 g/mol. The molecule has 2 heteroatoms. The minimum Gasteiger partial charge on any atom is -0.286 e. The van der Waals surface area contributed by atoms with E-state index in [2.05, 4.69) is 103 Å². The van der Waals surface area contributed by atoms with Crippen molar-refractivity contribution < 1.29 is 0 Å². The molecule has 2 unspecified atom stereocenters. The Kier molecular flexibility index (Phi) is 7.05. The molecule has 3 rings (SSSR count). The number of terminal acetylenes is 1. The Hall–Kier alpha value is -1.82. The van der Waals surface area contributed by atoms with Crippen LogP contribution in [0.1, 0.15) is 36.6 Å². The molecular formula is C23H26BrN. The first-order valence-corrected chi connectivity index (χ1v) is 9.48. The summed E-state index contributed by atoms with van der Waals surface area (Å²) in [6, 6.07) is 18.3. The third kappa shape index (κ3) is 4.42. The third-order valence-corrected chi connectivity index (χ3v) is 5.49. The summed E-state index contributed by atoms with van der Waals surface area (Å²) in [4.78, 5) is 2.57. The molecule has 0 radical (unpaired) electrons. The molecule has 0 bridgehead atoms. The van der Waals surface area contributed by atoms with Gasteiger partial charge in [0.2, 0.25) is 0 Å². The molecule has 0 N–H and O–H groups in total. The van der Waals surface area contributed by atoms with Crippen LogP contribution in [0.3, 0.4) is 0 Å². The van der Waals surface area contributed by atoms with Gasteiger partial charge in [-0.15, -0.1) is 12.8 Å². The lowest BCUT2D eigenvalue weighted by atomic mass is 9.86. The predicted octanol–water partition coefficient (Wildman–Crippen LogP) is 5.81. The van der Waals surface area contributed by atoms with Crippen LogP contribution in [-0.4, -0.2) is 17.5 Å². The van der Waals surface area contributed by atoms with Crippen LogP contribution in [0.5, 0.6) is 0 Å². The fraction of sp³-hybridized carbons (Fsp3) is 0.304. The second-order valence-corrected chi connectivity index (χ2v) is 7.32. The van der Waals surface area contributed by atoms with Gasteiger partial charge in [0.05, 0.1) is 0 Å². The van der Waals surface area contributed by atoms with E-state index in [-0.39, 0.29) is 0 Å². The SMILES string of the molecule is C#C.C=C1CN(C(C)c2cccc(Br)c2)C1Cc1ccccc1CC. The molecule has 1 aliphatic heterocycles. The first-order valence-electron chi connectivity index (χ1n) is 8.69. The van der Waals surface area contributed by atoms with Crippen molar-refractivity contribution in [3.05, 3.63) is 81.8 Å². The number of rotatable bonds is 5. The molecule has 1 nitrogen and oxygen atoms in total. The van der Waals surface area contributed by atoms with Crippen LogP contribution in [0.4, 0.5) is 0 Å². The summed E-state index contributed by atoms with van der Waals surface area (Å²) >= 11 is 3.58. The highest BCUT2D eigenvalue weighted by molar-refractivity contribution is 9.10. The molecule has 0 aliphatic carbocycles. The second-order valence-electron chi connectivity index (χ2n) is 6.40. The largest absolute Gasteiger partial charge is 0.286 e. The van der Waals surface area contributed by atoms with Gasteiger partial charge in [0.25, 0.3) is 0 Å². The molecule has 0 saturated carbocycles. The fourth-order valence-electron chi connectivity index (χ4n) is 3.51. The average molecular weight is 396 g/mol. The summed E-state index contributed by atoms with van der Waals surface area (Å²) in [7, 11) is 0. The van der Waals surface area contributed by atoms with Gasteiger partial charge in [-0.05, 0) is 54.2 Å². The van der Waals surface area contributed by atoms with E-state index in [1.54, 1.807) is 0 Å². The number of nitrogens with zero attached hydrogens (tertiary/aromatic N) is 1. The molecule has 1 fully saturated rings. The third-order valence-electron chi connectivity index (χ3n) is 5.00. The monoisotopic (exact) mass is 395 g/mol. The summed E-state index contributed by atoms with van der Waals surface area (Å²) in [5, 5.41) is 0. The van der Waals surface area contributed by atoms with E-state index in [0.29, 0.717) is 12.1 Å². The Morgan fingerprint density at radius 2 is 1.84 bits per heavy atom. The van der Waals surface area contributed by atoms with Crippen molar-refractivity contribution in [2.24, 2.45) is 0 Å². The zero-order valence-corrected chi connectivity index (χ0v) is 16.7. The van der Waals surface area contributed by atoms with Crippen molar-refractivity contribution >= 4 is 15.9 Å². The van der Waals surface area contributed by atoms with Crippen LogP contribution in [0.2, 0.25) is 0 Å². The number of hydrogen-bond acceptors (Lipinski definition) is 1. The van der Waals surface area contributed by atoms with E-state index >= 15 is 0 Å². The highest BCUT2D eigenvalue weighted by Gasteiger charge is 2.35. The molecule has 0 aromatic heterocycles. The van der Waals surface area contributed by atoms with E-state index in [0.717, 1.165) is 23.9 Å². The van der Waals surface area contributed by atoms with Crippen molar-refractivity contribution in [3.8, 4) is 12.8 Å². The predicted molar refractivity (Wildman–Crippen MR) is 112 cm³/mol. The van der Waals surface area contributed by atoms with Gasteiger partial charge >= 0.3 is 0 Å². The lowest BCUT2D eigenvalue weighted by Gasteiger charge is -2.47. The summed E-state index contributed by atoms with van der Waals surface area (Å²) in [5.74, 6) is 0. The highest BCUT2D eigenvalue weighted by atomic mass is 79.9. The number of benzene rings is 2. The minimum atomic E-state index is 0.414. The molecule has 1 heterocycles. The number of aryl methyl sites for hydroxylation is 1. The molecule has 2 aromatic carbocycles. The maximum Gasteiger partial charge on any atom is 0.0367 e. The zero-order valence-electron chi connectivity index (χ0n) is 15.1. The molecule has 0 amide bonds. The van der Waals surface area contributed by atoms with Crippen LogP contribution in [0.25, 0.3) is 0 Å². The van der Waals surface area contributed by atoms with Crippen LogP contribution in [0, 0.1) is 12.8 Å². The lowest BCUT2D eigenvalue weighted by Crippen LogP contribution is -2.52. The van der Waals surface area contributed by atoms with Gasteiger partial charge in [-0.25, -0.2) is 0 Å². The summed E-state index contributed by atoms with van der Waals surface area (Å²) < 4.78 is 1.15. The number of hydrogen-bond donors (Lipinski definition) is 0. The zero-order chi connectivity index (χ0) is 18.4. The van der Waals surface area contributed by atoms with Crippen LogP contribution in [0.15, 0.2) is 65.2 Å². The Bertz CT molecular complexity index is 747. The first kappa shape index (κ1) is 19.5. The van der Waals surface area contributed by atoms with Gasteiger partial charge in [0.1, 0.15) is 0 Å². The van der Waals surface area contributed by atoms with E-state index in [1.165, 1.54) is 22.3 Å². The average Bonchev–Trinajstić information content (AvgIpc) is 2.65. The van der Waals surface area contributed by atoms with E-state index in [1.807, 2.05) is 0 Å². The summed E-state index contributed by atoms with van der Waals surface area (Å²) in [6.45, 7) is 9.82. The van der Waals surface area contributed by atoms with E-state index < -0.39 is 0 Å². The fourth-order valence-corrected chi connectivity index (χ4v) is 3.93. The Morgan fingerprint density at radius 3 is 2.44 bits per heavy atom. The quantitative estimate of drug-likeness (QED) is 0.456.